The molecule has 0 aliphatic rings. The SMILES string of the molecule is COc1ccccc1C(NC(=O)CN(C)C(C)C)c1noc(C)n1. The van der Waals surface area contributed by atoms with Crippen LogP contribution >= 0.6 is 0 Å². The Labute approximate surface area is 142 Å². The molecule has 7 nitrogen and oxygen atoms in total. The van der Waals surface area contributed by atoms with E-state index in [9.17, 15) is 4.79 Å². The van der Waals surface area contributed by atoms with Crippen LogP contribution in [0.25, 0.3) is 0 Å². The molecule has 2 aromatic rings. The van der Waals surface area contributed by atoms with Crippen LogP contribution in [0.15, 0.2) is 28.8 Å². The molecule has 0 aliphatic heterocycles. The standard InChI is InChI=1S/C17H24N4O3/c1-11(2)21(4)10-15(22)19-16(17-18-12(3)24-20-17)13-8-6-7-9-14(13)23-5/h6-9,11,16H,10H2,1-5H3,(H,19,22). The Hall–Kier alpha value is -2.41. The fourth-order valence-corrected chi connectivity index (χ4v) is 2.23. The maximum atomic E-state index is 12.4. The first-order chi connectivity index (χ1) is 11.4. The zero-order chi connectivity index (χ0) is 17.7. The molecule has 0 fully saturated rings. The van der Waals surface area contributed by atoms with E-state index < -0.39 is 6.04 Å². The number of aryl methyl sites for hydroxylation is 1. The number of nitrogens with one attached hydrogen (secondary N) is 1. The third-order valence-electron chi connectivity index (χ3n) is 3.83. The molecule has 1 aromatic heterocycles. The number of nitrogens with zero attached hydrogens (tertiary/aromatic N) is 3. The summed E-state index contributed by atoms with van der Waals surface area (Å²) in [5.41, 5.74) is 0.779. The van der Waals surface area contributed by atoms with Crippen molar-refractivity contribution >= 4 is 5.91 Å². The lowest BCUT2D eigenvalue weighted by atomic mass is 10.0. The van der Waals surface area contributed by atoms with Crippen molar-refractivity contribution < 1.29 is 14.1 Å². The summed E-state index contributed by atoms with van der Waals surface area (Å²) in [6.07, 6.45) is 0. The van der Waals surface area contributed by atoms with E-state index in [4.69, 9.17) is 9.26 Å². The number of ether oxygens (including phenoxy) is 1. The monoisotopic (exact) mass is 332 g/mol. The molecule has 0 spiro atoms. The number of rotatable bonds is 7. The van der Waals surface area contributed by atoms with Gasteiger partial charge in [0.1, 0.15) is 11.8 Å². The van der Waals surface area contributed by atoms with E-state index in [0.717, 1.165) is 5.56 Å². The normalized spacial score (nSPS) is 12.5. The van der Waals surface area contributed by atoms with E-state index in [1.165, 1.54) is 0 Å². The van der Waals surface area contributed by atoms with Gasteiger partial charge < -0.3 is 14.6 Å². The summed E-state index contributed by atoms with van der Waals surface area (Å²) in [7, 11) is 3.49. The van der Waals surface area contributed by atoms with E-state index in [0.29, 0.717) is 17.5 Å². The van der Waals surface area contributed by atoms with Crippen molar-refractivity contribution in [3.8, 4) is 5.75 Å². The van der Waals surface area contributed by atoms with Gasteiger partial charge in [0, 0.05) is 18.5 Å². The van der Waals surface area contributed by atoms with Crippen molar-refractivity contribution in [2.24, 2.45) is 0 Å². The van der Waals surface area contributed by atoms with Crippen LogP contribution < -0.4 is 10.1 Å². The van der Waals surface area contributed by atoms with Gasteiger partial charge in [-0.3, -0.25) is 9.69 Å². The topological polar surface area (TPSA) is 80.5 Å². The van der Waals surface area contributed by atoms with E-state index in [1.807, 2.05) is 50.1 Å². The molecule has 0 radical (unpaired) electrons. The summed E-state index contributed by atoms with van der Waals surface area (Å²) in [6, 6.07) is 7.20. The van der Waals surface area contributed by atoms with Gasteiger partial charge in [-0.05, 0) is 27.0 Å². The van der Waals surface area contributed by atoms with E-state index in [-0.39, 0.29) is 18.5 Å². The van der Waals surface area contributed by atoms with Gasteiger partial charge in [-0.15, -0.1) is 0 Å². The first kappa shape index (κ1) is 17.9. The lowest BCUT2D eigenvalue weighted by molar-refractivity contribution is -0.122. The van der Waals surface area contributed by atoms with Crippen LogP contribution in [0.3, 0.4) is 0 Å². The predicted octanol–water partition coefficient (Wildman–Crippen LogP) is 1.93. The fourth-order valence-electron chi connectivity index (χ4n) is 2.23. The van der Waals surface area contributed by atoms with Gasteiger partial charge in [-0.25, -0.2) is 0 Å². The molecule has 24 heavy (non-hydrogen) atoms. The highest BCUT2D eigenvalue weighted by Gasteiger charge is 2.25. The highest BCUT2D eigenvalue weighted by Crippen LogP contribution is 2.28. The summed E-state index contributed by atoms with van der Waals surface area (Å²) in [4.78, 5) is 18.7. The fraction of sp³-hybridized carbons (Fsp3) is 0.471. The molecule has 1 aromatic carbocycles. The van der Waals surface area contributed by atoms with Crippen molar-refractivity contribution in [3.05, 3.63) is 41.5 Å². The van der Waals surface area contributed by atoms with Crippen molar-refractivity contribution in [1.29, 1.82) is 0 Å². The molecule has 1 heterocycles. The van der Waals surface area contributed by atoms with Gasteiger partial charge in [0.15, 0.2) is 5.82 Å². The molecule has 2 rings (SSSR count). The summed E-state index contributed by atoms with van der Waals surface area (Å²) in [5, 5.41) is 6.94. The van der Waals surface area contributed by atoms with Crippen LogP contribution in [0.5, 0.6) is 5.75 Å². The number of aromatic nitrogens is 2. The van der Waals surface area contributed by atoms with Crippen LogP contribution in [-0.4, -0.2) is 47.7 Å². The third-order valence-corrected chi connectivity index (χ3v) is 3.83. The van der Waals surface area contributed by atoms with Crippen LogP contribution in [0.2, 0.25) is 0 Å². The highest BCUT2D eigenvalue weighted by atomic mass is 16.5. The number of likely N-dealkylation sites (N-methyl/N-ethyl adjacent to an activating group) is 1. The third kappa shape index (κ3) is 4.32. The highest BCUT2D eigenvalue weighted by molar-refractivity contribution is 5.79. The molecule has 7 heteroatoms. The second-order valence-electron chi connectivity index (χ2n) is 5.92. The largest absolute Gasteiger partial charge is 0.496 e. The first-order valence-corrected chi connectivity index (χ1v) is 7.85. The summed E-state index contributed by atoms with van der Waals surface area (Å²) in [5.74, 6) is 1.38. The summed E-state index contributed by atoms with van der Waals surface area (Å²) < 4.78 is 10.5. The average molecular weight is 332 g/mol. The lowest BCUT2D eigenvalue weighted by Gasteiger charge is -2.23. The smallest absolute Gasteiger partial charge is 0.235 e. The van der Waals surface area contributed by atoms with Gasteiger partial charge >= 0.3 is 0 Å². The molecule has 0 saturated heterocycles. The molecular weight excluding hydrogens is 308 g/mol. The number of hydrogen-bond donors (Lipinski definition) is 1. The number of carbonyl (C=O) groups excluding carboxylic acids is 1. The zero-order valence-corrected chi connectivity index (χ0v) is 14.7. The van der Waals surface area contributed by atoms with Crippen molar-refractivity contribution in [2.75, 3.05) is 20.7 Å². The predicted molar refractivity (Wildman–Crippen MR) is 89.8 cm³/mol. The Kier molecular flexibility index (Phi) is 5.92. The molecular formula is C17H24N4O3. The maximum Gasteiger partial charge on any atom is 0.235 e. The van der Waals surface area contributed by atoms with Crippen molar-refractivity contribution in [2.45, 2.75) is 32.9 Å². The summed E-state index contributed by atoms with van der Waals surface area (Å²) >= 11 is 0. The number of methoxy groups -OCH3 is 1. The minimum atomic E-state index is -0.535. The second-order valence-corrected chi connectivity index (χ2v) is 5.92. The van der Waals surface area contributed by atoms with E-state index >= 15 is 0 Å². The number of carbonyl (C=O) groups is 1. The van der Waals surface area contributed by atoms with Gasteiger partial charge in [-0.2, -0.15) is 4.98 Å². The molecule has 1 N–H and O–H groups in total. The summed E-state index contributed by atoms with van der Waals surface area (Å²) in [6.45, 7) is 6.06. The quantitative estimate of drug-likeness (QED) is 0.834. The minimum Gasteiger partial charge on any atom is -0.496 e. The van der Waals surface area contributed by atoms with E-state index in [1.54, 1.807) is 14.0 Å². The Morgan fingerprint density at radius 2 is 2.08 bits per heavy atom. The minimum absolute atomic E-state index is 0.121. The number of benzene rings is 1. The average Bonchev–Trinajstić information content (AvgIpc) is 2.98. The second kappa shape index (κ2) is 7.92. The molecule has 0 aliphatic carbocycles. The van der Waals surface area contributed by atoms with Crippen LogP contribution in [0.1, 0.15) is 37.2 Å². The first-order valence-electron chi connectivity index (χ1n) is 7.85. The zero-order valence-electron chi connectivity index (χ0n) is 14.7. The Morgan fingerprint density at radius 1 is 1.38 bits per heavy atom. The Morgan fingerprint density at radius 3 is 2.67 bits per heavy atom. The van der Waals surface area contributed by atoms with Crippen molar-refractivity contribution in [1.82, 2.24) is 20.4 Å². The molecule has 1 atom stereocenters. The van der Waals surface area contributed by atoms with Crippen LogP contribution in [0.4, 0.5) is 0 Å². The lowest BCUT2D eigenvalue weighted by Crippen LogP contribution is -2.40. The Balaban J connectivity index is 2.29. The Bertz CT molecular complexity index is 684. The van der Waals surface area contributed by atoms with Gasteiger partial charge in [-0.1, -0.05) is 23.4 Å². The number of para-hydroxylation sites is 1. The van der Waals surface area contributed by atoms with Crippen molar-refractivity contribution in [3.63, 3.8) is 0 Å². The molecule has 130 valence electrons. The molecule has 1 unspecified atom stereocenters. The van der Waals surface area contributed by atoms with Gasteiger partial charge in [0.25, 0.3) is 0 Å². The van der Waals surface area contributed by atoms with Gasteiger partial charge in [0.05, 0.1) is 13.7 Å². The number of hydrogen-bond acceptors (Lipinski definition) is 6. The maximum absolute atomic E-state index is 12.4. The molecule has 0 saturated carbocycles. The van der Waals surface area contributed by atoms with E-state index in [2.05, 4.69) is 15.5 Å². The van der Waals surface area contributed by atoms with Crippen LogP contribution in [0, 0.1) is 6.92 Å². The molecule has 1 amide bonds. The van der Waals surface area contributed by atoms with Crippen LogP contribution in [-0.2, 0) is 4.79 Å². The van der Waals surface area contributed by atoms with Gasteiger partial charge in [0.2, 0.25) is 11.8 Å². The molecule has 0 bridgehead atoms. The number of amides is 1.